The molecule has 0 unspecified atom stereocenters. The van der Waals surface area contributed by atoms with Crippen molar-refractivity contribution in [1.82, 2.24) is 0 Å². The van der Waals surface area contributed by atoms with E-state index in [-0.39, 0.29) is 28.8 Å². The van der Waals surface area contributed by atoms with Crippen LogP contribution in [0.2, 0.25) is 5.02 Å². The summed E-state index contributed by atoms with van der Waals surface area (Å²) in [7, 11) is 0. The van der Waals surface area contributed by atoms with Gasteiger partial charge in [0.05, 0.1) is 4.92 Å². The van der Waals surface area contributed by atoms with Crippen molar-refractivity contribution in [2.45, 2.75) is 13.5 Å². The average Bonchev–Trinajstić information content (AvgIpc) is 2.43. The van der Waals surface area contributed by atoms with Gasteiger partial charge < -0.3 is 15.5 Å². The highest BCUT2D eigenvalue weighted by Gasteiger charge is 2.15. The molecule has 0 bridgehead atoms. The first-order chi connectivity index (χ1) is 9.90. The Labute approximate surface area is 125 Å². The van der Waals surface area contributed by atoms with E-state index in [4.69, 9.17) is 11.6 Å². The maximum absolute atomic E-state index is 10.8. The molecule has 0 heterocycles. The summed E-state index contributed by atoms with van der Waals surface area (Å²) in [5.41, 5.74) is 1.63. The van der Waals surface area contributed by atoms with Crippen LogP contribution in [-0.4, -0.2) is 15.1 Å². The third kappa shape index (κ3) is 3.17. The molecule has 0 atom stereocenters. The summed E-state index contributed by atoms with van der Waals surface area (Å²) in [4.78, 5) is 10.2. The molecule has 0 aliphatic carbocycles. The van der Waals surface area contributed by atoms with Gasteiger partial charge in [0, 0.05) is 23.9 Å². The van der Waals surface area contributed by atoms with Crippen LogP contribution in [0.15, 0.2) is 30.3 Å². The predicted octanol–water partition coefficient (Wildman–Crippen LogP) is 3.58. The Morgan fingerprint density at radius 3 is 2.71 bits per heavy atom. The predicted molar refractivity (Wildman–Crippen MR) is 79.9 cm³/mol. The van der Waals surface area contributed by atoms with E-state index >= 15 is 0 Å². The number of hydrogen-bond acceptors (Lipinski definition) is 5. The number of para-hydroxylation sites is 1. The number of phenols is 2. The number of anilines is 1. The Kier molecular flexibility index (Phi) is 4.18. The molecule has 0 radical (unpaired) electrons. The number of aromatic hydroxyl groups is 2. The molecular formula is C14H13ClN2O4. The number of hydrogen-bond donors (Lipinski definition) is 3. The van der Waals surface area contributed by atoms with E-state index in [0.717, 1.165) is 0 Å². The van der Waals surface area contributed by atoms with Gasteiger partial charge >= 0.3 is 0 Å². The van der Waals surface area contributed by atoms with Gasteiger partial charge in [-0.05, 0) is 24.6 Å². The Hall–Kier alpha value is -2.47. The number of halogens is 1. The summed E-state index contributed by atoms with van der Waals surface area (Å²) >= 11 is 5.86. The molecule has 0 saturated heterocycles. The van der Waals surface area contributed by atoms with Crippen molar-refractivity contribution in [2.75, 3.05) is 5.32 Å². The molecule has 2 rings (SSSR count). The molecule has 0 amide bonds. The third-order valence-electron chi connectivity index (χ3n) is 3.06. The number of nitro groups is 1. The Balaban J connectivity index is 2.23. The zero-order valence-corrected chi connectivity index (χ0v) is 11.9. The largest absolute Gasteiger partial charge is 0.504 e. The second kappa shape index (κ2) is 5.88. The van der Waals surface area contributed by atoms with E-state index < -0.39 is 4.92 Å². The molecule has 2 aromatic carbocycles. The minimum atomic E-state index is -0.541. The van der Waals surface area contributed by atoms with Crippen LogP contribution in [0.3, 0.4) is 0 Å². The van der Waals surface area contributed by atoms with Gasteiger partial charge in [0.1, 0.15) is 5.02 Å². The molecule has 0 saturated carbocycles. The second-order valence-electron chi connectivity index (χ2n) is 4.51. The van der Waals surface area contributed by atoms with Gasteiger partial charge in [-0.3, -0.25) is 10.1 Å². The molecule has 21 heavy (non-hydrogen) atoms. The number of nitrogens with zero attached hydrogens (tertiary/aromatic N) is 1. The molecule has 0 aliphatic rings. The van der Waals surface area contributed by atoms with Gasteiger partial charge in [0.2, 0.25) is 0 Å². The zero-order chi connectivity index (χ0) is 15.6. The smallest absolute Gasteiger partial charge is 0.288 e. The Morgan fingerprint density at radius 2 is 2.05 bits per heavy atom. The molecule has 0 fully saturated rings. The summed E-state index contributed by atoms with van der Waals surface area (Å²) in [5, 5.41) is 33.0. The number of benzene rings is 2. The summed E-state index contributed by atoms with van der Waals surface area (Å²) in [5.74, 6) is -0.400. The normalized spacial score (nSPS) is 10.4. The quantitative estimate of drug-likeness (QED) is 0.456. The zero-order valence-electron chi connectivity index (χ0n) is 11.1. The fourth-order valence-electron chi connectivity index (χ4n) is 1.91. The first-order valence-corrected chi connectivity index (χ1v) is 6.46. The number of phenolic OH excluding ortho intramolecular Hbond substituents is 2. The van der Waals surface area contributed by atoms with Crippen LogP contribution in [0.5, 0.6) is 11.5 Å². The molecule has 6 nitrogen and oxygen atoms in total. The van der Waals surface area contributed by atoms with Crippen LogP contribution in [0, 0.1) is 17.0 Å². The van der Waals surface area contributed by atoms with Gasteiger partial charge in [0.15, 0.2) is 11.5 Å². The minimum Gasteiger partial charge on any atom is -0.504 e. The van der Waals surface area contributed by atoms with Gasteiger partial charge in [-0.25, -0.2) is 0 Å². The third-order valence-corrected chi connectivity index (χ3v) is 3.36. The number of rotatable bonds is 4. The molecule has 3 N–H and O–H groups in total. The lowest BCUT2D eigenvalue weighted by atomic mass is 10.1. The Bertz CT molecular complexity index is 704. The maximum Gasteiger partial charge on any atom is 0.288 e. The summed E-state index contributed by atoms with van der Waals surface area (Å²) in [6, 6.07) is 7.50. The lowest BCUT2D eigenvalue weighted by Gasteiger charge is -2.12. The van der Waals surface area contributed by atoms with Crippen molar-refractivity contribution in [3.63, 3.8) is 0 Å². The number of aryl methyl sites for hydroxylation is 1. The topological polar surface area (TPSA) is 95.6 Å². The lowest BCUT2D eigenvalue weighted by Crippen LogP contribution is -2.02. The summed E-state index contributed by atoms with van der Waals surface area (Å²) in [6.45, 7) is 1.96. The standard InChI is InChI=1S/C14H13ClN2O4/c1-8-5-12(17(20)21)10(15)6-11(8)16-7-9-3-2-4-13(18)14(9)19/h2-6,16,18-19H,7H2,1H3. The van der Waals surface area contributed by atoms with Crippen LogP contribution in [0.25, 0.3) is 0 Å². The maximum atomic E-state index is 10.8. The van der Waals surface area contributed by atoms with Gasteiger partial charge in [-0.2, -0.15) is 0 Å². The van der Waals surface area contributed by atoms with E-state index in [1.54, 1.807) is 19.1 Å². The van der Waals surface area contributed by atoms with Crippen molar-refractivity contribution >= 4 is 23.0 Å². The molecule has 0 aromatic heterocycles. The SMILES string of the molecule is Cc1cc([N+](=O)[O-])c(Cl)cc1NCc1cccc(O)c1O. The first-order valence-electron chi connectivity index (χ1n) is 6.08. The van der Waals surface area contributed by atoms with Gasteiger partial charge in [-0.1, -0.05) is 23.7 Å². The fourth-order valence-corrected chi connectivity index (χ4v) is 2.14. The molecule has 2 aromatic rings. The van der Waals surface area contributed by atoms with E-state index in [1.807, 2.05) is 0 Å². The first kappa shape index (κ1) is 14.9. The molecule has 7 heteroatoms. The summed E-state index contributed by atoms with van der Waals surface area (Å²) in [6.07, 6.45) is 0. The van der Waals surface area contributed by atoms with Crippen molar-refractivity contribution in [3.05, 3.63) is 56.6 Å². The highest BCUT2D eigenvalue weighted by Crippen LogP contribution is 2.32. The average molecular weight is 309 g/mol. The van der Waals surface area contributed by atoms with Crippen molar-refractivity contribution in [1.29, 1.82) is 0 Å². The number of nitrogens with one attached hydrogen (secondary N) is 1. The number of nitro benzene ring substituents is 1. The molecular weight excluding hydrogens is 296 g/mol. The van der Waals surface area contributed by atoms with Gasteiger partial charge in [-0.15, -0.1) is 0 Å². The van der Waals surface area contributed by atoms with E-state index in [0.29, 0.717) is 16.8 Å². The lowest BCUT2D eigenvalue weighted by molar-refractivity contribution is -0.384. The van der Waals surface area contributed by atoms with Crippen LogP contribution in [-0.2, 0) is 6.54 Å². The summed E-state index contributed by atoms with van der Waals surface area (Å²) < 4.78 is 0. The fraction of sp³-hybridized carbons (Fsp3) is 0.143. The van der Waals surface area contributed by atoms with E-state index in [9.17, 15) is 20.3 Å². The van der Waals surface area contributed by atoms with E-state index in [2.05, 4.69) is 5.32 Å². The second-order valence-corrected chi connectivity index (χ2v) is 4.92. The minimum absolute atomic E-state index is 0.0354. The molecule has 0 aliphatic heterocycles. The Morgan fingerprint density at radius 1 is 1.33 bits per heavy atom. The van der Waals surface area contributed by atoms with Crippen molar-refractivity contribution in [2.24, 2.45) is 0 Å². The van der Waals surface area contributed by atoms with Crippen LogP contribution >= 0.6 is 11.6 Å². The monoisotopic (exact) mass is 308 g/mol. The van der Waals surface area contributed by atoms with E-state index in [1.165, 1.54) is 18.2 Å². The molecule has 110 valence electrons. The van der Waals surface area contributed by atoms with Crippen LogP contribution in [0.4, 0.5) is 11.4 Å². The van der Waals surface area contributed by atoms with Gasteiger partial charge in [0.25, 0.3) is 5.69 Å². The van der Waals surface area contributed by atoms with Crippen molar-refractivity contribution < 1.29 is 15.1 Å². The highest BCUT2D eigenvalue weighted by molar-refractivity contribution is 6.33. The highest BCUT2D eigenvalue weighted by atomic mass is 35.5. The van der Waals surface area contributed by atoms with Crippen LogP contribution in [0.1, 0.15) is 11.1 Å². The van der Waals surface area contributed by atoms with Crippen molar-refractivity contribution in [3.8, 4) is 11.5 Å². The molecule has 0 spiro atoms. The van der Waals surface area contributed by atoms with Crippen LogP contribution < -0.4 is 5.32 Å².